The molecule has 0 bridgehead atoms. The summed E-state index contributed by atoms with van der Waals surface area (Å²) in [5, 5.41) is 3.87. The Morgan fingerprint density at radius 3 is 2.29 bits per heavy atom. The third-order valence-electron chi connectivity index (χ3n) is 1.81. The van der Waals surface area contributed by atoms with Gasteiger partial charge < -0.3 is 22.1 Å². The van der Waals surface area contributed by atoms with Gasteiger partial charge in [-0.2, -0.15) is 0 Å². The van der Waals surface area contributed by atoms with E-state index in [9.17, 15) is 9.59 Å². The molecule has 6 nitrogen and oxygen atoms in total. The van der Waals surface area contributed by atoms with Gasteiger partial charge in [-0.3, -0.25) is 0 Å². The van der Waals surface area contributed by atoms with E-state index in [0.29, 0.717) is 0 Å². The number of carbonyl (C=O) groups is 2. The summed E-state index contributed by atoms with van der Waals surface area (Å²) in [4.78, 5) is 22.6. The number of esters is 2. The lowest BCUT2D eigenvalue weighted by atomic mass is 10.4. The van der Waals surface area contributed by atoms with Gasteiger partial charge in [0.05, 0.1) is 20.4 Å². The molecule has 0 aliphatic rings. The van der Waals surface area contributed by atoms with Crippen molar-refractivity contribution >= 4 is 30.3 Å². The molecule has 1 aromatic heterocycles. The largest absolute Gasteiger partial charge is 0.766 e. The average molecular weight is 254 g/mol. The fourth-order valence-electron chi connectivity index (χ4n) is 1.04. The van der Waals surface area contributed by atoms with Crippen molar-refractivity contribution in [3.8, 4) is 0 Å². The summed E-state index contributed by atoms with van der Waals surface area (Å²) in [6.07, 6.45) is 2.92. The van der Waals surface area contributed by atoms with E-state index in [0.717, 1.165) is 4.68 Å². The van der Waals surface area contributed by atoms with Crippen LogP contribution in [0.2, 0.25) is 0 Å². The zero-order valence-corrected chi connectivity index (χ0v) is 10.1. The highest BCUT2D eigenvalue weighted by molar-refractivity contribution is 7.65. The first-order valence-corrected chi connectivity index (χ1v) is 4.94. The zero-order chi connectivity index (χ0) is 12.8. The van der Waals surface area contributed by atoms with Gasteiger partial charge in [0, 0.05) is 6.07 Å². The van der Waals surface area contributed by atoms with Gasteiger partial charge in [-0.05, 0) is 20.8 Å². The molecule has 0 fully saturated rings. The molecule has 0 aliphatic heterocycles. The smallest absolute Gasteiger partial charge is 0.405 e. The molecule has 17 heavy (non-hydrogen) atoms. The first kappa shape index (κ1) is 13.0. The Hall–Kier alpha value is -2.02. The fraction of sp³-hybridized carbons (Fsp3) is 0.200. The maximum atomic E-state index is 11.6. The van der Waals surface area contributed by atoms with Crippen LogP contribution in [0.5, 0.6) is 0 Å². The van der Waals surface area contributed by atoms with Crippen LogP contribution in [0.3, 0.4) is 0 Å². The Morgan fingerprint density at radius 1 is 1.18 bits per heavy atom. The molecule has 90 valence electrons. The van der Waals surface area contributed by atoms with Crippen molar-refractivity contribution in [1.29, 1.82) is 0 Å². The summed E-state index contributed by atoms with van der Waals surface area (Å²) in [5.74, 6) is -1.55. The van der Waals surface area contributed by atoms with Crippen molar-refractivity contribution in [2.45, 2.75) is 0 Å². The quantitative estimate of drug-likeness (QED) is 0.311. The second-order valence-electron chi connectivity index (χ2n) is 2.80. The van der Waals surface area contributed by atoms with Crippen LogP contribution in [-0.2, 0) is 31.7 Å². The number of hydrogen-bond acceptors (Lipinski definition) is 6. The molecule has 0 aromatic carbocycles. The Kier molecular flexibility index (Phi) is 4.53. The minimum absolute atomic E-state index is 0.157. The molecule has 1 aromatic rings. The van der Waals surface area contributed by atoms with E-state index in [4.69, 9.17) is 12.6 Å². The van der Waals surface area contributed by atoms with E-state index in [-0.39, 0.29) is 10.6 Å². The number of rotatable bonds is 3. The summed E-state index contributed by atoms with van der Waals surface area (Å²) in [5.41, 5.74) is -0.157. The number of carbonyl (C=O) groups excluding carboxylic acids is 2. The maximum absolute atomic E-state index is 11.6. The molecule has 0 aliphatic carbocycles. The van der Waals surface area contributed by atoms with Gasteiger partial charge in [0.25, 0.3) is 0 Å². The Bertz CT molecular complexity index is 459. The van der Waals surface area contributed by atoms with Crippen LogP contribution in [0.25, 0.3) is 5.70 Å². The summed E-state index contributed by atoms with van der Waals surface area (Å²) >= 11 is 4.85. The Labute approximate surface area is 103 Å². The first-order chi connectivity index (χ1) is 8.11. The third kappa shape index (κ3) is 2.97. The number of aromatic nitrogens is 2. The Morgan fingerprint density at radius 2 is 1.82 bits per heavy atom. The molecule has 0 radical (unpaired) electrons. The van der Waals surface area contributed by atoms with E-state index in [1.165, 1.54) is 26.6 Å². The highest BCUT2D eigenvalue weighted by atomic mass is 32.1. The number of hydrogen-bond donors (Lipinski definition) is 0. The lowest BCUT2D eigenvalue weighted by molar-refractivity contribution is -0.643. The van der Waals surface area contributed by atoms with Crippen LogP contribution in [0.15, 0.2) is 29.4 Å². The molecule has 7 heteroatoms. The van der Waals surface area contributed by atoms with Gasteiger partial charge in [0.15, 0.2) is 0 Å². The predicted octanol–water partition coefficient (Wildman–Crippen LogP) is -0.569. The van der Waals surface area contributed by atoms with Crippen molar-refractivity contribution in [3.05, 3.63) is 29.4 Å². The number of ether oxygens (including phenoxy) is 2. The van der Waals surface area contributed by atoms with Crippen LogP contribution in [0.1, 0.15) is 0 Å². The van der Waals surface area contributed by atoms with Gasteiger partial charge in [0.1, 0.15) is 0 Å². The van der Waals surface area contributed by atoms with Crippen molar-refractivity contribution < 1.29 is 23.7 Å². The van der Waals surface area contributed by atoms with Crippen LogP contribution in [0, 0.1) is 0 Å². The lowest BCUT2D eigenvalue weighted by Crippen LogP contribution is -2.41. The fourth-order valence-corrected chi connectivity index (χ4v) is 1.30. The summed E-state index contributed by atoms with van der Waals surface area (Å²) < 4.78 is 10.2. The molecule has 1 heterocycles. The second-order valence-corrected chi connectivity index (χ2v) is 3.21. The molecule has 0 unspecified atom stereocenters. The highest BCUT2D eigenvalue weighted by Crippen LogP contribution is 2.05. The molecule has 0 N–H and O–H groups in total. The van der Waals surface area contributed by atoms with Crippen molar-refractivity contribution in [1.82, 2.24) is 5.10 Å². The maximum Gasteiger partial charge on any atom is 0.405 e. The van der Waals surface area contributed by atoms with Crippen molar-refractivity contribution in [2.75, 3.05) is 14.2 Å². The van der Waals surface area contributed by atoms with Gasteiger partial charge in [-0.25, -0.2) is 9.59 Å². The van der Waals surface area contributed by atoms with Crippen molar-refractivity contribution in [2.24, 2.45) is 0 Å². The molecule has 1 rings (SSSR count). The van der Waals surface area contributed by atoms with Gasteiger partial charge in [-0.1, -0.05) is 0 Å². The standard InChI is InChI=1S/C10H10N2O4S/c1-15-9(13)7(8(17)10(14)16-2)12-6-4-3-5-11-12/h3-6H,1-2H3. The highest BCUT2D eigenvalue weighted by Gasteiger charge is 2.25. The summed E-state index contributed by atoms with van der Waals surface area (Å²) in [7, 11) is 2.36. The normalized spacial score (nSPS) is 11.4. The average Bonchev–Trinajstić information content (AvgIpc) is 2.38. The summed E-state index contributed by atoms with van der Waals surface area (Å²) in [6, 6.07) is 3.29. The third-order valence-corrected chi connectivity index (χ3v) is 2.17. The van der Waals surface area contributed by atoms with Crippen LogP contribution >= 0.6 is 0 Å². The molecular weight excluding hydrogens is 244 g/mol. The van der Waals surface area contributed by atoms with E-state index in [1.807, 2.05) is 0 Å². The zero-order valence-electron chi connectivity index (χ0n) is 9.25. The first-order valence-electron chi connectivity index (χ1n) is 4.53. The minimum atomic E-state index is -0.793. The van der Waals surface area contributed by atoms with Crippen LogP contribution < -0.4 is 4.68 Å². The minimum Gasteiger partial charge on any atom is -0.766 e. The number of nitrogens with zero attached hydrogens (tertiary/aromatic N) is 2. The molecule has 0 spiro atoms. The van der Waals surface area contributed by atoms with E-state index < -0.39 is 11.9 Å². The van der Waals surface area contributed by atoms with E-state index in [2.05, 4.69) is 14.6 Å². The monoisotopic (exact) mass is 254 g/mol. The SMILES string of the molecule is COC(=O)C([S-])=C(C(=O)OC)[n+]1ccccn1. The predicted molar refractivity (Wildman–Crippen MR) is 59.0 cm³/mol. The Balaban J connectivity index is 3.32. The molecule has 0 saturated heterocycles. The summed E-state index contributed by atoms with van der Waals surface area (Å²) in [6.45, 7) is 0. The van der Waals surface area contributed by atoms with Crippen LogP contribution in [0.4, 0.5) is 0 Å². The van der Waals surface area contributed by atoms with Gasteiger partial charge >= 0.3 is 17.6 Å². The van der Waals surface area contributed by atoms with Gasteiger partial charge in [0.2, 0.25) is 6.20 Å². The lowest BCUT2D eigenvalue weighted by Gasteiger charge is -2.09. The van der Waals surface area contributed by atoms with Gasteiger partial charge in [-0.15, -0.1) is 0 Å². The number of methoxy groups -OCH3 is 2. The molecule has 0 amide bonds. The topological polar surface area (TPSA) is 69.4 Å². The molecule has 0 atom stereocenters. The van der Waals surface area contributed by atoms with E-state index >= 15 is 0 Å². The second kappa shape index (κ2) is 5.90. The van der Waals surface area contributed by atoms with Crippen LogP contribution in [-0.4, -0.2) is 31.3 Å². The molecule has 0 saturated carbocycles. The van der Waals surface area contributed by atoms with Crippen molar-refractivity contribution in [3.63, 3.8) is 0 Å². The molecular formula is C10H10N2O4S. The van der Waals surface area contributed by atoms with E-state index in [1.54, 1.807) is 12.1 Å².